The van der Waals surface area contributed by atoms with Crippen molar-refractivity contribution in [1.82, 2.24) is 5.32 Å². The van der Waals surface area contributed by atoms with Crippen molar-refractivity contribution in [3.05, 3.63) is 0 Å². The summed E-state index contributed by atoms with van der Waals surface area (Å²) in [5.74, 6) is 2.08. The van der Waals surface area contributed by atoms with Crippen LogP contribution in [0.4, 0.5) is 0 Å². The molecule has 0 amide bonds. The standard InChI is InChI=1S/C8H16N2S/c11-7-6-10-8-4-2-1-3-5-9-8/h11H,1-7H2,(H,9,10). The molecule has 0 aliphatic carbocycles. The smallest absolute Gasteiger partial charge is 0.0963 e. The molecule has 0 radical (unpaired) electrons. The van der Waals surface area contributed by atoms with Gasteiger partial charge in [-0.1, -0.05) is 6.42 Å². The molecule has 0 saturated carbocycles. The van der Waals surface area contributed by atoms with E-state index in [4.69, 9.17) is 0 Å². The Morgan fingerprint density at radius 1 is 1.36 bits per heavy atom. The molecular weight excluding hydrogens is 156 g/mol. The van der Waals surface area contributed by atoms with Gasteiger partial charge in [0.15, 0.2) is 0 Å². The minimum Gasteiger partial charge on any atom is -0.373 e. The van der Waals surface area contributed by atoms with Gasteiger partial charge in [0.25, 0.3) is 0 Å². The lowest BCUT2D eigenvalue weighted by atomic mass is 10.2. The zero-order valence-corrected chi connectivity index (χ0v) is 7.74. The van der Waals surface area contributed by atoms with Gasteiger partial charge in [-0.3, -0.25) is 4.99 Å². The van der Waals surface area contributed by atoms with Crippen molar-refractivity contribution in [1.29, 1.82) is 0 Å². The molecule has 2 nitrogen and oxygen atoms in total. The second kappa shape index (κ2) is 5.47. The molecule has 64 valence electrons. The zero-order valence-electron chi connectivity index (χ0n) is 6.84. The van der Waals surface area contributed by atoms with Crippen LogP contribution in [0.3, 0.4) is 0 Å². The van der Waals surface area contributed by atoms with Crippen LogP contribution in [0.5, 0.6) is 0 Å². The number of rotatable bonds is 2. The van der Waals surface area contributed by atoms with Gasteiger partial charge in [-0.15, -0.1) is 0 Å². The summed E-state index contributed by atoms with van der Waals surface area (Å²) in [4.78, 5) is 4.43. The van der Waals surface area contributed by atoms with E-state index in [1.165, 1.54) is 25.1 Å². The van der Waals surface area contributed by atoms with Gasteiger partial charge in [-0.25, -0.2) is 0 Å². The summed E-state index contributed by atoms with van der Waals surface area (Å²) >= 11 is 4.13. The molecule has 0 unspecified atom stereocenters. The number of hydrogen-bond donors (Lipinski definition) is 2. The highest BCUT2D eigenvalue weighted by Gasteiger charge is 2.01. The molecule has 1 aliphatic rings. The highest BCUT2D eigenvalue weighted by Crippen LogP contribution is 2.05. The van der Waals surface area contributed by atoms with Gasteiger partial charge < -0.3 is 5.32 Å². The Labute approximate surface area is 73.9 Å². The van der Waals surface area contributed by atoms with Crippen LogP contribution in [0, 0.1) is 0 Å². The molecule has 0 saturated heterocycles. The third-order valence-electron chi connectivity index (χ3n) is 1.82. The summed E-state index contributed by atoms with van der Waals surface area (Å²) in [6.07, 6.45) is 5.01. The fourth-order valence-corrected chi connectivity index (χ4v) is 1.33. The summed E-state index contributed by atoms with van der Waals surface area (Å²) in [5.41, 5.74) is 0. The van der Waals surface area contributed by atoms with Gasteiger partial charge in [-0.2, -0.15) is 12.6 Å². The Morgan fingerprint density at radius 3 is 3.09 bits per heavy atom. The van der Waals surface area contributed by atoms with Crippen molar-refractivity contribution in [2.45, 2.75) is 25.7 Å². The van der Waals surface area contributed by atoms with Gasteiger partial charge in [0.2, 0.25) is 0 Å². The van der Waals surface area contributed by atoms with E-state index >= 15 is 0 Å². The summed E-state index contributed by atoms with van der Waals surface area (Å²) in [6, 6.07) is 0. The monoisotopic (exact) mass is 172 g/mol. The first-order chi connectivity index (χ1) is 5.43. The van der Waals surface area contributed by atoms with Gasteiger partial charge in [-0.05, 0) is 12.8 Å². The molecule has 0 aromatic heterocycles. The average molecular weight is 172 g/mol. The van der Waals surface area contributed by atoms with E-state index in [1.54, 1.807) is 0 Å². The fraction of sp³-hybridized carbons (Fsp3) is 0.875. The highest BCUT2D eigenvalue weighted by atomic mass is 32.1. The van der Waals surface area contributed by atoms with Gasteiger partial charge in [0.05, 0.1) is 5.84 Å². The van der Waals surface area contributed by atoms with Crippen LogP contribution in [0.1, 0.15) is 25.7 Å². The molecule has 0 bridgehead atoms. The van der Waals surface area contributed by atoms with E-state index in [9.17, 15) is 0 Å². The number of aliphatic imine (C=N–C) groups is 1. The molecule has 1 heterocycles. The van der Waals surface area contributed by atoms with Crippen LogP contribution in [0.2, 0.25) is 0 Å². The Kier molecular flexibility index (Phi) is 4.43. The van der Waals surface area contributed by atoms with Gasteiger partial charge in [0, 0.05) is 25.3 Å². The predicted octanol–water partition coefficient (Wildman–Crippen LogP) is 1.48. The third-order valence-corrected chi connectivity index (χ3v) is 2.04. The van der Waals surface area contributed by atoms with Crippen molar-refractivity contribution in [2.75, 3.05) is 18.8 Å². The van der Waals surface area contributed by atoms with Crippen molar-refractivity contribution in [3.63, 3.8) is 0 Å². The molecule has 0 fully saturated rings. The highest BCUT2D eigenvalue weighted by molar-refractivity contribution is 7.80. The van der Waals surface area contributed by atoms with Crippen molar-refractivity contribution in [3.8, 4) is 0 Å². The summed E-state index contributed by atoms with van der Waals surface area (Å²) in [5, 5.41) is 3.28. The van der Waals surface area contributed by atoms with Crippen LogP contribution >= 0.6 is 12.6 Å². The fourth-order valence-electron chi connectivity index (χ4n) is 1.22. The Balaban J connectivity index is 2.23. The summed E-state index contributed by atoms with van der Waals surface area (Å²) in [7, 11) is 0. The van der Waals surface area contributed by atoms with Crippen LogP contribution in [-0.2, 0) is 0 Å². The van der Waals surface area contributed by atoms with E-state index in [1.807, 2.05) is 0 Å². The number of nitrogens with one attached hydrogen (secondary N) is 1. The lowest BCUT2D eigenvalue weighted by Crippen LogP contribution is -2.25. The number of amidine groups is 1. The topological polar surface area (TPSA) is 24.4 Å². The predicted molar refractivity (Wildman–Crippen MR) is 52.6 cm³/mol. The van der Waals surface area contributed by atoms with Crippen molar-refractivity contribution >= 4 is 18.5 Å². The SMILES string of the molecule is SCCNC1=NCCCCC1. The second-order valence-corrected chi connectivity index (χ2v) is 3.24. The van der Waals surface area contributed by atoms with Crippen LogP contribution in [-0.4, -0.2) is 24.7 Å². The Hall–Kier alpha value is -0.180. The minimum absolute atomic E-state index is 0.888. The first-order valence-electron chi connectivity index (χ1n) is 4.31. The van der Waals surface area contributed by atoms with Crippen LogP contribution in [0.15, 0.2) is 4.99 Å². The molecule has 3 heteroatoms. The molecule has 0 atom stereocenters. The van der Waals surface area contributed by atoms with Crippen molar-refractivity contribution < 1.29 is 0 Å². The first kappa shape index (κ1) is 8.91. The Morgan fingerprint density at radius 2 is 2.27 bits per heavy atom. The Bertz CT molecular complexity index is 134. The summed E-state index contributed by atoms with van der Waals surface area (Å²) in [6.45, 7) is 1.96. The molecule has 0 spiro atoms. The quantitative estimate of drug-likeness (QED) is 0.606. The second-order valence-electron chi connectivity index (χ2n) is 2.79. The van der Waals surface area contributed by atoms with E-state index in [0.29, 0.717) is 0 Å². The largest absolute Gasteiger partial charge is 0.373 e. The molecule has 1 rings (SSSR count). The molecule has 11 heavy (non-hydrogen) atoms. The van der Waals surface area contributed by atoms with E-state index in [0.717, 1.165) is 25.3 Å². The van der Waals surface area contributed by atoms with Gasteiger partial charge in [0.1, 0.15) is 0 Å². The van der Waals surface area contributed by atoms with E-state index < -0.39 is 0 Å². The summed E-state index contributed by atoms with van der Waals surface area (Å²) < 4.78 is 0. The molecule has 1 N–H and O–H groups in total. The molecule has 0 aromatic rings. The number of hydrogen-bond acceptors (Lipinski definition) is 3. The molecule has 1 aliphatic heterocycles. The number of thiol groups is 1. The van der Waals surface area contributed by atoms with Gasteiger partial charge >= 0.3 is 0 Å². The average Bonchev–Trinajstić information content (AvgIpc) is 2.28. The molecular formula is C8H16N2S. The maximum absolute atomic E-state index is 4.43. The number of nitrogens with zero attached hydrogens (tertiary/aromatic N) is 1. The lowest BCUT2D eigenvalue weighted by molar-refractivity contribution is 0.729. The normalized spacial score (nSPS) is 18.8. The van der Waals surface area contributed by atoms with Crippen LogP contribution in [0.25, 0.3) is 0 Å². The van der Waals surface area contributed by atoms with Crippen LogP contribution < -0.4 is 5.32 Å². The third kappa shape index (κ3) is 3.65. The maximum Gasteiger partial charge on any atom is 0.0963 e. The zero-order chi connectivity index (χ0) is 7.94. The first-order valence-corrected chi connectivity index (χ1v) is 4.95. The minimum atomic E-state index is 0.888. The van der Waals surface area contributed by atoms with E-state index in [2.05, 4.69) is 22.9 Å². The van der Waals surface area contributed by atoms with Crippen molar-refractivity contribution in [2.24, 2.45) is 4.99 Å². The van der Waals surface area contributed by atoms with E-state index in [-0.39, 0.29) is 0 Å². The maximum atomic E-state index is 4.43. The molecule has 0 aromatic carbocycles. The lowest BCUT2D eigenvalue weighted by Gasteiger charge is -2.05.